The molecule has 0 N–H and O–H groups in total. The smallest absolute Gasteiger partial charge is 0.150 e. The summed E-state index contributed by atoms with van der Waals surface area (Å²) in [6, 6.07) is 4.52. The molecule has 0 bridgehead atoms. The van der Waals surface area contributed by atoms with Crippen molar-refractivity contribution in [2.75, 3.05) is 0 Å². The maximum absolute atomic E-state index is 9.40. The molecule has 0 amide bonds. The molecule has 0 spiro atoms. The van der Waals surface area contributed by atoms with Gasteiger partial charge in [-0.15, -0.1) is 6.58 Å². The summed E-state index contributed by atoms with van der Waals surface area (Å²) in [6.07, 6.45) is 5.32. The van der Waals surface area contributed by atoms with E-state index in [1.165, 1.54) is 6.42 Å². The van der Waals surface area contributed by atoms with E-state index in [4.69, 9.17) is 0 Å². The molecule has 0 aromatic rings. The van der Waals surface area contributed by atoms with Crippen molar-refractivity contribution in [1.82, 2.24) is 0 Å². The first kappa shape index (κ1) is 13.8. The van der Waals surface area contributed by atoms with E-state index in [9.17, 15) is 10.5 Å². The van der Waals surface area contributed by atoms with E-state index in [1.807, 2.05) is 0 Å². The summed E-state index contributed by atoms with van der Waals surface area (Å²) < 4.78 is 0. The summed E-state index contributed by atoms with van der Waals surface area (Å²) in [5.74, 6) is 0.767. The SMILES string of the molecule is C=CCC(C#N)(C#N)C1C[C@H](C)CC(C)(C)C1. The highest BCUT2D eigenvalue weighted by Gasteiger charge is 2.44. The number of nitriles is 2. The Morgan fingerprint density at radius 3 is 2.35 bits per heavy atom. The van der Waals surface area contributed by atoms with E-state index in [1.54, 1.807) is 6.08 Å². The highest BCUT2D eigenvalue weighted by Crippen LogP contribution is 2.49. The highest BCUT2D eigenvalue weighted by molar-refractivity contribution is 5.19. The normalized spacial score (nSPS) is 27.8. The molecule has 2 nitrogen and oxygen atoms in total. The van der Waals surface area contributed by atoms with Crippen molar-refractivity contribution in [3.05, 3.63) is 12.7 Å². The monoisotopic (exact) mass is 230 g/mol. The summed E-state index contributed by atoms with van der Waals surface area (Å²) in [7, 11) is 0. The minimum Gasteiger partial charge on any atom is -0.197 e. The maximum Gasteiger partial charge on any atom is 0.150 e. The first-order chi connectivity index (χ1) is 7.89. The van der Waals surface area contributed by atoms with Gasteiger partial charge >= 0.3 is 0 Å². The second-order valence-electron chi connectivity index (χ2n) is 6.30. The van der Waals surface area contributed by atoms with Crippen molar-refractivity contribution in [2.45, 2.75) is 46.5 Å². The molecule has 1 unspecified atom stereocenters. The van der Waals surface area contributed by atoms with Crippen molar-refractivity contribution < 1.29 is 0 Å². The highest BCUT2D eigenvalue weighted by atomic mass is 14.5. The Hall–Kier alpha value is -1.28. The van der Waals surface area contributed by atoms with Gasteiger partial charge in [0.05, 0.1) is 12.1 Å². The fourth-order valence-electron chi connectivity index (χ4n) is 3.41. The van der Waals surface area contributed by atoms with Gasteiger partial charge in [-0.3, -0.25) is 0 Å². The van der Waals surface area contributed by atoms with Crippen LogP contribution in [0.4, 0.5) is 0 Å². The fourth-order valence-corrected chi connectivity index (χ4v) is 3.41. The minimum absolute atomic E-state index is 0.175. The molecule has 1 fully saturated rings. The predicted molar refractivity (Wildman–Crippen MR) is 68.8 cm³/mol. The quantitative estimate of drug-likeness (QED) is 0.686. The molecule has 0 aromatic heterocycles. The van der Waals surface area contributed by atoms with Crippen LogP contribution >= 0.6 is 0 Å². The van der Waals surface area contributed by atoms with Crippen LogP contribution in [0.25, 0.3) is 0 Å². The zero-order valence-corrected chi connectivity index (χ0v) is 11.2. The Balaban J connectivity index is 3.01. The molecule has 1 aliphatic carbocycles. The summed E-state index contributed by atoms with van der Waals surface area (Å²) in [6.45, 7) is 10.4. The molecule has 0 heterocycles. The first-order valence-electron chi connectivity index (χ1n) is 6.32. The van der Waals surface area contributed by atoms with Crippen LogP contribution < -0.4 is 0 Å². The van der Waals surface area contributed by atoms with Crippen LogP contribution in [-0.2, 0) is 0 Å². The van der Waals surface area contributed by atoms with Crippen molar-refractivity contribution in [1.29, 1.82) is 10.5 Å². The molecule has 92 valence electrons. The largest absolute Gasteiger partial charge is 0.197 e. The molecule has 17 heavy (non-hydrogen) atoms. The van der Waals surface area contributed by atoms with Gasteiger partial charge in [0.1, 0.15) is 5.41 Å². The average Bonchev–Trinajstić information content (AvgIpc) is 2.23. The summed E-state index contributed by atoms with van der Waals surface area (Å²) >= 11 is 0. The van der Waals surface area contributed by atoms with E-state index < -0.39 is 5.41 Å². The molecule has 0 aromatic carbocycles. The van der Waals surface area contributed by atoms with Crippen LogP contribution in [0.2, 0.25) is 0 Å². The number of rotatable bonds is 3. The summed E-state index contributed by atoms with van der Waals surface area (Å²) in [4.78, 5) is 0. The van der Waals surface area contributed by atoms with Gasteiger partial charge in [0, 0.05) is 0 Å². The van der Waals surface area contributed by atoms with Crippen LogP contribution in [-0.4, -0.2) is 0 Å². The Morgan fingerprint density at radius 1 is 1.35 bits per heavy atom. The van der Waals surface area contributed by atoms with Gasteiger partial charge < -0.3 is 0 Å². The second-order valence-corrected chi connectivity index (χ2v) is 6.30. The van der Waals surface area contributed by atoms with E-state index in [2.05, 4.69) is 39.5 Å². The van der Waals surface area contributed by atoms with Gasteiger partial charge in [-0.1, -0.05) is 26.8 Å². The molecule has 0 radical (unpaired) electrons. The topological polar surface area (TPSA) is 47.6 Å². The summed E-state index contributed by atoms with van der Waals surface area (Å²) in [5.41, 5.74) is -0.629. The lowest BCUT2D eigenvalue weighted by atomic mass is 9.59. The lowest BCUT2D eigenvalue weighted by Gasteiger charge is -2.43. The number of hydrogen-bond donors (Lipinski definition) is 0. The Labute approximate surface area is 105 Å². The van der Waals surface area contributed by atoms with E-state index >= 15 is 0 Å². The van der Waals surface area contributed by atoms with Crippen molar-refractivity contribution in [2.24, 2.45) is 22.7 Å². The Morgan fingerprint density at radius 2 is 1.94 bits per heavy atom. The molecule has 1 aliphatic rings. The van der Waals surface area contributed by atoms with Crippen LogP contribution in [0.1, 0.15) is 46.5 Å². The lowest BCUT2D eigenvalue weighted by Crippen LogP contribution is -2.37. The molecular formula is C15H22N2. The Kier molecular flexibility index (Phi) is 3.99. The Bertz CT molecular complexity index is 353. The van der Waals surface area contributed by atoms with Gasteiger partial charge in [0.15, 0.2) is 0 Å². The zero-order chi connectivity index (χ0) is 13.1. The molecule has 2 heteroatoms. The number of nitrogens with zero attached hydrogens (tertiary/aromatic N) is 2. The van der Waals surface area contributed by atoms with Gasteiger partial charge in [-0.25, -0.2) is 0 Å². The third kappa shape index (κ3) is 2.89. The fraction of sp³-hybridized carbons (Fsp3) is 0.733. The molecule has 0 aliphatic heterocycles. The van der Waals surface area contributed by atoms with Gasteiger partial charge in [0.2, 0.25) is 0 Å². The molecule has 0 saturated heterocycles. The maximum atomic E-state index is 9.40. The molecule has 1 saturated carbocycles. The van der Waals surface area contributed by atoms with Gasteiger partial charge in [-0.05, 0) is 42.9 Å². The van der Waals surface area contributed by atoms with E-state index in [0.717, 1.165) is 12.8 Å². The zero-order valence-electron chi connectivity index (χ0n) is 11.2. The predicted octanol–water partition coefficient (Wildman–Crippen LogP) is 4.06. The third-order valence-electron chi connectivity index (χ3n) is 3.95. The van der Waals surface area contributed by atoms with E-state index in [-0.39, 0.29) is 11.3 Å². The van der Waals surface area contributed by atoms with E-state index in [0.29, 0.717) is 12.3 Å². The summed E-state index contributed by atoms with van der Waals surface area (Å²) in [5, 5.41) is 18.8. The third-order valence-corrected chi connectivity index (χ3v) is 3.95. The van der Waals surface area contributed by atoms with Gasteiger partial charge in [-0.2, -0.15) is 10.5 Å². The van der Waals surface area contributed by atoms with Crippen LogP contribution in [0.15, 0.2) is 12.7 Å². The van der Waals surface area contributed by atoms with Gasteiger partial charge in [0.25, 0.3) is 0 Å². The number of hydrogen-bond acceptors (Lipinski definition) is 2. The number of allylic oxidation sites excluding steroid dienone is 1. The average molecular weight is 230 g/mol. The molecular weight excluding hydrogens is 208 g/mol. The van der Waals surface area contributed by atoms with Crippen LogP contribution in [0.3, 0.4) is 0 Å². The standard InChI is InChI=1S/C15H22N2/c1-5-6-15(10-16,11-17)13-7-12(2)8-14(3,4)9-13/h5,12-13H,1,6-9H2,2-4H3/t12-,13?/m0/s1. The molecule has 2 atom stereocenters. The molecule has 1 rings (SSSR count). The minimum atomic E-state index is -0.867. The van der Waals surface area contributed by atoms with Crippen LogP contribution in [0, 0.1) is 45.3 Å². The van der Waals surface area contributed by atoms with Crippen molar-refractivity contribution in [3.63, 3.8) is 0 Å². The first-order valence-corrected chi connectivity index (χ1v) is 6.32. The van der Waals surface area contributed by atoms with Crippen molar-refractivity contribution >= 4 is 0 Å². The lowest BCUT2D eigenvalue weighted by molar-refractivity contribution is 0.0883. The second kappa shape index (κ2) is 4.92. The van der Waals surface area contributed by atoms with Crippen LogP contribution in [0.5, 0.6) is 0 Å². The van der Waals surface area contributed by atoms with Crippen molar-refractivity contribution in [3.8, 4) is 12.1 Å².